The molecule has 94 valence electrons. The van der Waals surface area contributed by atoms with Crippen molar-refractivity contribution in [2.75, 3.05) is 6.61 Å². The smallest absolute Gasteiger partial charge is 0.126 e. The Labute approximate surface area is 120 Å². The molecular formula is C14H15IN2O. The Morgan fingerprint density at radius 3 is 3.06 bits per heavy atom. The summed E-state index contributed by atoms with van der Waals surface area (Å²) in [6.45, 7) is 3.68. The fourth-order valence-corrected chi connectivity index (χ4v) is 2.81. The summed E-state index contributed by atoms with van der Waals surface area (Å²) in [6, 6.07) is 8.55. The molecule has 1 unspecified atom stereocenters. The normalized spacial score (nSPS) is 18.7. The number of hydrogen-bond donors (Lipinski definition) is 0. The highest BCUT2D eigenvalue weighted by Crippen LogP contribution is 2.28. The van der Waals surface area contributed by atoms with Crippen LogP contribution < -0.4 is 0 Å². The first kappa shape index (κ1) is 12.2. The Bertz CT molecular complexity index is 545. The number of nitrogens with zero attached hydrogens (tertiary/aromatic N) is 2. The van der Waals surface area contributed by atoms with Crippen molar-refractivity contribution in [3.8, 4) is 0 Å². The molecule has 0 amide bonds. The van der Waals surface area contributed by atoms with Gasteiger partial charge in [0.15, 0.2) is 0 Å². The third-order valence-electron chi connectivity index (χ3n) is 3.33. The first-order valence-corrected chi connectivity index (χ1v) is 7.21. The maximum Gasteiger partial charge on any atom is 0.126 e. The molecule has 1 aliphatic heterocycles. The van der Waals surface area contributed by atoms with Crippen molar-refractivity contribution in [2.24, 2.45) is 0 Å². The van der Waals surface area contributed by atoms with Gasteiger partial charge in [-0.15, -0.1) is 0 Å². The SMILES string of the molecule is Cc1cn(CC2OCCc3ccccc32)nc1I. The monoisotopic (exact) mass is 354 g/mol. The summed E-state index contributed by atoms with van der Waals surface area (Å²) < 4.78 is 8.95. The lowest BCUT2D eigenvalue weighted by Gasteiger charge is -2.25. The number of ether oxygens (including phenoxy) is 1. The molecule has 18 heavy (non-hydrogen) atoms. The summed E-state index contributed by atoms with van der Waals surface area (Å²) in [5.74, 6) is 0. The molecule has 2 aromatic rings. The summed E-state index contributed by atoms with van der Waals surface area (Å²) in [7, 11) is 0. The first-order chi connectivity index (χ1) is 8.74. The first-order valence-electron chi connectivity index (χ1n) is 6.13. The van der Waals surface area contributed by atoms with E-state index in [2.05, 4.69) is 65.1 Å². The molecule has 1 atom stereocenters. The molecule has 2 heterocycles. The molecule has 4 heteroatoms. The van der Waals surface area contributed by atoms with Crippen LogP contribution in [0.5, 0.6) is 0 Å². The second-order valence-corrected chi connectivity index (χ2v) is 5.66. The fourth-order valence-electron chi connectivity index (χ4n) is 2.39. The summed E-state index contributed by atoms with van der Waals surface area (Å²) in [5.41, 5.74) is 3.94. The van der Waals surface area contributed by atoms with Crippen LogP contribution in [-0.4, -0.2) is 16.4 Å². The summed E-state index contributed by atoms with van der Waals surface area (Å²) in [4.78, 5) is 0. The molecule has 0 saturated heterocycles. The molecule has 0 saturated carbocycles. The Kier molecular flexibility index (Phi) is 3.39. The fraction of sp³-hybridized carbons (Fsp3) is 0.357. The third-order valence-corrected chi connectivity index (χ3v) is 4.40. The van der Waals surface area contributed by atoms with E-state index in [1.54, 1.807) is 0 Å². The van der Waals surface area contributed by atoms with Crippen molar-refractivity contribution in [1.29, 1.82) is 0 Å². The van der Waals surface area contributed by atoms with Crippen LogP contribution in [0, 0.1) is 10.6 Å². The van der Waals surface area contributed by atoms with E-state index < -0.39 is 0 Å². The van der Waals surface area contributed by atoms with Crippen LogP contribution in [0.15, 0.2) is 30.5 Å². The minimum Gasteiger partial charge on any atom is -0.371 e. The molecule has 0 radical (unpaired) electrons. The number of fused-ring (bicyclic) bond motifs is 1. The van der Waals surface area contributed by atoms with E-state index in [9.17, 15) is 0 Å². The van der Waals surface area contributed by atoms with Gasteiger partial charge in [0.1, 0.15) is 9.80 Å². The van der Waals surface area contributed by atoms with Crippen LogP contribution in [0.25, 0.3) is 0 Å². The van der Waals surface area contributed by atoms with E-state index in [0.29, 0.717) is 0 Å². The van der Waals surface area contributed by atoms with Crippen molar-refractivity contribution >= 4 is 22.6 Å². The third kappa shape index (κ3) is 2.31. The zero-order valence-electron chi connectivity index (χ0n) is 10.3. The highest BCUT2D eigenvalue weighted by Gasteiger charge is 2.21. The molecule has 1 aliphatic rings. The number of benzene rings is 1. The van der Waals surface area contributed by atoms with Crippen molar-refractivity contribution < 1.29 is 4.74 Å². The van der Waals surface area contributed by atoms with Crippen molar-refractivity contribution in [3.05, 3.63) is 50.9 Å². The van der Waals surface area contributed by atoms with Crippen LogP contribution in [0.1, 0.15) is 22.8 Å². The van der Waals surface area contributed by atoms with E-state index in [4.69, 9.17) is 4.74 Å². The number of aryl methyl sites for hydroxylation is 1. The number of aromatic nitrogens is 2. The van der Waals surface area contributed by atoms with Crippen LogP contribution in [-0.2, 0) is 17.7 Å². The standard InChI is InChI=1S/C14H15IN2O/c1-10-8-17(16-14(10)15)9-13-12-5-3-2-4-11(12)6-7-18-13/h2-5,8,13H,6-7,9H2,1H3. The maximum atomic E-state index is 5.89. The lowest BCUT2D eigenvalue weighted by Crippen LogP contribution is -2.20. The van der Waals surface area contributed by atoms with Gasteiger partial charge in [-0.1, -0.05) is 24.3 Å². The second kappa shape index (κ2) is 5.01. The lowest BCUT2D eigenvalue weighted by molar-refractivity contribution is 0.0282. The Hall–Kier alpha value is -0.880. The lowest BCUT2D eigenvalue weighted by atomic mass is 9.98. The predicted molar refractivity (Wildman–Crippen MR) is 78.5 cm³/mol. The average molecular weight is 354 g/mol. The summed E-state index contributed by atoms with van der Waals surface area (Å²) >= 11 is 2.27. The maximum absolute atomic E-state index is 5.89. The van der Waals surface area contributed by atoms with Gasteiger partial charge in [0, 0.05) is 11.8 Å². The molecule has 0 bridgehead atoms. The van der Waals surface area contributed by atoms with Gasteiger partial charge in [0.05, 0.1) is 13.2 Å². The largest absolute Gasteiger partial charge is 0.371 e. The molecule has 0 fully saturated rings. The Balaban J connectivity index is 1.86. The van der Waals surface area contributed by atoms with Crippen molar-refractivity contribution in [1.82, 2.24) is 9.78 Å². The van der Waals surface area contributed by atoms with Gasteiger partial charge in [-0.05, 0) is 47.1 Å². The van der Waals surface area contributed by atoms with Crippen molar-refractivity contribution in [3.63, 3.8) is 0 Å². The van der Waals surface area contributed by atoms with Crippen LogP contribution in [0.3, 0.4) is 0 Å². The number of halogens is 1. The molecule has 1 aromatic carbocycles. The Morgan fingerprint density at radius 2 is 2.28 bits per heavy atom. The van der Waals surface area contributed by atoms with E-state index >= 15 is 0 Å². The van der Waals surface area contributed by atoms with E-state index in [0.717, 1.165) is 23.3 Å². The predicted octanol–water partition coefficient (Wildman–Crippen LogP) is 3.11. The van der Waals surface area contributed by atoms with Gasteiger partial charge >= 0.3 is 0 Å². The van der Waals surface area contributed by atoms with Gasteiger partial charge in [0.2, 0.25) is 0 Å². The zero-order chi connectivity index (χ0) is 12.5. The molecule has 1 aromatic heterocycles. The second-order valence-electron chi connectivity index (χ2n) is 4.63. The summed E-state index contributed by atoms with van der Waals surface area (Å²) in [6.07, 6.45) is 3.23. The molecule has 3 rings (SSSR count). The minimum absolute atomic E-state index is 0.130. The number of hydrogen-bond acceptors (Lipinski definition) is 2. The van der Waals surface area contributed by atoms with E-state index in [1.165, 1.54) is 16.7 Å². The molecule has 3 nitrogen and oxygen atoms in total. The Morgan fingerprint density at radius 1 is 1.44 bits per heavy atom. The quantitative estimate of drug-likeness (QED) is 0.775. The van der Waals surface area contributed by atoms with Gasteiger partial charge in [0.25, 0.3) is 0 Å². The van der Waals surface area contributed by atoms with E-state index in [1.807, 2.05) is 4.68 Å². The van der Waals surface area contributed by atoms with Crippen LogP contribution >= 0.6 is 22.6 Å². The van der Waals surface area contributed by atoms with Crippen LogP contribution in [0.4, 0.5) is 0 Å². The molecular weight excluding hydrogens is 339 g/mol. The minimum atomic E-state index is 0.130. The average Bonchev–Trinajstić information content (AvgIpc) is 2.69. The van der Waals surface area contributed by atoms with E-state index in [-0.39, 0.29) is 6.10 Å². The molecule has 0 aliphatic carbocycles. The van der Waals surface area contributed by atoms with Gasteiger partial charge in [-0.25, -0.2) is 0 Å². The zero-order valence-corrected chi connectivity index (χ0v) is 12.4. The highest BCUT2D eigenvalue weighted by molar-refractivity contribution is 14.1. The van der Waals surface area contributed by atoms with Gasteiger partial charge in [-0.2, -0.15) is 5.10 Å². The number of rotatable bonds is 2. The van der Waals surface area contributed by atoms with Crippen LogP contribution in [0.2, 0.25) is 0 Å². The van der Waals surface area contributed by atoms with Gasteiger partial charge < -0.3 is 4.74 Å². The summed E-state index contributed by atoms with van der Waals surface area (Å²) in [5, 5.41) is 4.50. The topological polar surface area (TPSA) is 27.1 Å². The van der Waals surface area contributed by atoms with Crippen molar-refractivity contribution in [2.45, 2.75) is 26.0 Å². The van der Waals surface area contributed by atoms with Gasteiger partial charge in [-0.3, -0.25) is 4.68 Å². The molecule has 0 spiro atoms. The molecule has 0 N–H and O–H groups in total. The highest BCUT2D eigenvalue weighted by atomic mass is 127.